The lowest BCUT2D eigenvalue weighted by Gasteiger charge is -2.32. The molecule has 1 aliphatic carbocycles. The number of nitrogens with two attached hydrogens (primary N) is 1. The van der Waals surface area contributed by atoms with Gasteiger partial charge in [-0.3, -0.25) is 4.79 Å². The largest absolute Gasteiger partial charge is 0.392 e. The third kappa shape index (κ3) is 5.16. The van der Waals surface area contributed by atoms with E-state index in [1.165, 1.54) is 18.9 Å². The van der Waals surface area contributed by atoms with Crippen molar-refractivity contribution in [1.29, 1.82) is 5.26 Å². The Labute approximate surface area is 187 Å². The van der Waals surface area contributed by atoms with E-state index < -0.39 is 17.5 Å². The van der Waals surface area contributed by atoms with Gasteiger partial charge in [0.2, 0.25) is 5.91 Å². The Morgan fingerprint density at radius 1 is 1.28 bits per heavy atom. The van der Waals surface area contributed by atoms with E-state index in [4.69, 9.17) is 5.73 Å². The maximum Gasteiger partial charge on any atom is 0.226 e. The Kier molecular flexibility index (Phi) is 6.56. The summed E-state index contributed by atoms with van der Waals surface area (Å²) in [6, 6.07) is 13.8. The highest BCUT2D eigenvalue weighted by Gasteiger charge is 2.34. The van der Waals surface area contributed by atoms with Gasteiger partial charge in [-0.05, 0) is 60.6 Å². The first-order valence-electron chi connectivity index (χ1n) is 11.2. The van der Waals surface area contributed by atoms with Gasteiger partial charge >= 0.3 is 0 Å². The fourth-order valence-corrected chi connectivity index (χ4v) is 4.44. The number of nitrogens with zero attached hydrogens (tertiary/aromatic N) is 1. The van der Waals surface area contributed by atoms with Gasteiger partial charge in [-0.15, -0.1) is 0 Å². The average Bonchev–Trinajstić information content (AvgIpc) is 3.54. The highest BCUT2D eigenvalue weighted by atomic mass is 19.1. The molecule has 2 aliphatic rings. The zero-order valence-electron chi connectivity index (χ0n) is 18.0. The molecule has 1 amide bonds. The summed E-state index contributed by atoms with van der Waals surface area (Å²) in [5.74, 6) is -0.192. The number of β-amino-alcohol motifs (C(OH)–C–C–N with tert-alkyl or cyclic N) is 1. The smallest absolute Gasteiger partial charge is 0.226 e. The van der Waals surface area contributed by atoms with Crippen molar-refractivity contribution in [2.45, 2.75) is 56.2 Å². The fourth-order valence-electron chi connectivity index (χ4n) is 4.44. The topological polar surface area (TPSA) is 111 Å². The summed E-state index contributed by atoms with van der Waals surface area (Å²) in [7, 11) is 0. The molecule has 2 aromatic rings. The summed E-state index contributed by atoms with van der Waals surface area (Å²) in [5.41, 5.74) is 8.15. The summed E-state index contributed by atoms with van der Waals surface area (Å²) in [4.78, 5) is 12.5. The summed E-state index contributed by atoms with van der Waals surface area (Å²) in [6.07, 6.45) is 4.20. The number of benzene rings is 2. The van der Waals surface area contributed by atoms with Crippen molar-refractivity contribution in [3.63, 3.8) is 0 Å². The molecule has 0 spiro atoms. The third-order valence-electron chi connectivity index (χ3n) is 6.54. The van der Waals surface area contributed by atoms with Crippen LogP contribution in [-0.2, 0) is 10.3 Å². The molecule has 32 heavy (non-hydrogen) atoms. The number of hydrogen-bond acceptors (Lipinski definition) is 5. The first-order valence-corrected chi connectivity index (χ1v) is 11.2. The standard InChI is InChI=1S/C25H29FN4O2/c26-22-7-6-19(11-23(22)30-24(32)13-20-12-21(31)15-29-20)25(28,9-8-16-4-5-16)18-3-1-2-17(10-18)14-27/h1-3,6-7,10-11,16,20-21,29,31H,4-5,8-9,12-13,15,28H2,(H,30,32)/t20-,21-,25?/m1/s1. The number of carbonyl (C=O) groups excluding carboxylic acids is 1. The average molecular weight is 437 g/mol. The maximum atomic E-state index is 14.6. The van der Waals surface area contributed by atoms with Gasteiger partial charge in [-0.2, -0.15) is 5.26 Å². The van der Waals surface area contributed by atoms with Gasteiger partial charge in [0.15, 0.2) is 0 Å². The number of nitrogens with one attached hydrogen (secondary N) is 2. The van der Waals surface area contributed by atoms with Crippen LogP contribution in [0.2, 0.25) is 0 Å². The highest BCUT2D eigenvalue weighted by Crippen LogP contribution is 2.40. The van der Waals surface area contributed by atoms with Gasteiger partial charge in [0.1, 0.15) is 5.82 Å². The normalized spacial score (nSPS) is 22.2. The second-order valence-electron chi connectivity index (χ2n) is 9.09. The van der Waals surface area contributed by atoms with Gasteiger partial charge in [-0.25, -0.2) is 4.39 Å². The van der Waals surface area contributed by atoms with Crippen LogP contribution in [0.15, 0.2) is 42.5 Å². The number of amides is 1. The predicted octanol–water partition coefficient (Wildman–Crippen LogP) is 3.14. The van der Waals surface area contributed by atoms with Crippen molar-refractivity contribution in [3.8, 4) is 6.07 Å². The first-order chi connectivity index (χ1) is 15.4. The molecule has 168 valence electrons. The van der Waals surface area contributed by atoms with Gasteiger partial charge in [0, 0.05) is 19.0 Å². The maximum absolute atomic E-state index is 14.6. The Hall–Kier alpha value is -2.79. The minimum Gasteiger partial charge on any atom is -0.392 e. The molecule has 1 heterocycles. The molecule has 5 N–H and O–H groups in total. The van der Waals surface area contributed by atoms with E-state index in [-0.39, 0.29) is 24.1 Å². The van der Waals surface area contributed by atoms with Gasteiger partial charge in [0.25, 0.3) is 0 Å². The van der Waals surface area contributed by atoms with Gasteiger partial charge in [-0.1, -0.05) is 31.0 Å². The van der Waals surface area contributed by atoms with E-state index in [0.717, 1.165) is 12.0 Å². The summed E-state index contributed by atoms with van der Waals surface area (Å²) in [6.45, 7) is 0.459. The summed E-state index contributed by atoms with van der Waals surface area (Å²) < 4.78 is 14.6. The van der Waals surface area contributed by atoms with Crippen LogP contribution in [0.25, 0.3) is 0 Å². The lowest BCUT2D eigenvalue weighted by atomic mass is 9.79. The zero-order chi connectivity index (χ0) is 22.7. The molecule has 6 nitrogen and oxygen atoms in total. The molecule has 0 bridgehead atoms. The van der Waals surface area contributed by atoms with Crippen molar-refractivity contribution in [1.82, 2.24) is 5.32 Å². The monoisotopic (exact) mass is 436 g/mol. The number of rotatable bonds is 8. The molecular formula is C25H29FN4O2. The number of nitriles is 1. The van der Waals surface area contributed by atoms with Gasteiger partial charge in [0.05, 0.1) is 29.0 Å². The number of aliphatic hydroxyl groups is 1. The van der Waals surface area contributed by atoms with E-state index in [2.05, 4.69) is 16.7 Å². The SMILES string of the molecule is N#Cc1cccc(C(N)(CCC2CC2)c2ccc(F)c(NC(=O)C[C@H]3C[C@@H](O)CN3)c2)c1. The van der Waals surface area contributed by atoms with Crippen molar-refractivity contribution in [2.24, 2.45) is 11.7 Å². The number of carbonyl (C=O) groups is 1. The minimum absolute atomic E-state index is 0.0868. The lowest BCUT2D eigenvalue weighted by molar-refractivity contribution is -0.116. The van der Waals surface area contributed by atoms with Crippen LogP contribution in [0, 0.1) is 23.1 Å². The lowest BCUT2D eigenvalue weighted by Crippen LogP contribution is -2.38. The molecule has 2 aromatic carbocycles. The number of aliphatic hydroxyl groups excluding tert-OH is 1. The molecule has 1 aliphatic heterocycles. The predicted molar refractivity (Wildman–Crippen MR) is 120 cm³/mol. The quantitative estimate of drug-likeness (QED) is 0.508. The van der Waals surface area contributed by atoms with Crippen LogP contribution >= 0.6 is 0 Å². The third-order valence-corrected chi connectivity index (χ3v) is 6.54. The van der Waals surface area contributed by atoms with Crippen LogP contribution in [0.3, 0.4) is 0 Å². The molecule has 3 atom stereocenters. The number of hydrogen-bond donors (Lipinski definition) is 4. The second-order valence-corrected chi connectivity index (χ2v) is 9.09. The molecule has 1 unspecified atom stereocenters. The van der Waals surface area contributed by atoms with Crippen molar-refractivity contribution < 1.29 is 14.3 Å². The van der Waals surface area contributed by atoms with Crippen molar-refractivity contribution in [3.05, 3.63) is 65.0 Å². The minimum atomic E-state index is -0.903. The molecule has 0 radical (unpaired) electrons. The molecule has 1 saturated carbocycles. The van der Waals surface area contributed by atoms with Crippen LogP contribution in [-0.4, -0.2) is 29.7 Å². The van der Waals surface area contributed by atoms with Crippen molar-refractivity contribution in [2.75, 3.05) is 11.9 Å². The van der Waals surface area contributed by atoms with Crippen molar-refractivity contribution >= 4 is 11.6 Å². The van der Waals surface area contributed by atoms with Crippen LogP contribution < -0.4 is 16.4 Å². The number of anilines is 1. The van der Waals surface area contributed by atoms with E-state index in [0.29, 0.717) is 36.4 Å². The molecule has 4 rings (SSSR count). The molecule has 0 aromatic heterocycles. The van der Waals surface area contributed by atoms with E-state index in [9.17, 15) is 19.6 Å². The first kappa shape index (κ1) is 22.4. The zero-order valence-corrected chi connectivity index (χ0v) is 18.0. The molecule has 1 saturated heterocycles. The summed E-state index contributed by atoms with van der Waals surface area (Å²) in [5, 5.41) is 24.7. The van der Waals surface area contributed by atoms with E-state index in [1.807, 2.05) is 12.1 Å². The molecule has 2 fully saturated rings. The Balaban J connectivity index is 1.59. The number of halogens is 1. The van der Waals surface area contributed by atoms with Crippen LogP contribution in [0.4, 0.5) is 10.1 Å². The Morgan fingerprint density at radius 3 is 2.75 bits per heavy atom. The second kappa shape index (κ2) is 9.37. The Bertz CT molecular complexity index is 1030. The molecular weight excluding hydrogens is 407 g/mol. The summed E-state index contributed by atoms with van der Waals surface area (Å²) >= 11 is 0. The van der Waals surface area contributed by atoms with E-state index in [1.54, 1.807) is 24.3 Å². The van der Waals surface area contributed by atoms with Gasteiger partial charge < -0.3 is 21.5 Å². The van der Waals surface area contributed by atoms with Crippen LogP contribution in [0.1, 0.15) is 55.2 Å². The fraction of sp³-hybridized carbons (Fsp3) is 0.440. The molecule has 7 heteroatoms. The van der Waals surface area contributed by atoms with E-state index >= 15 is 0 Å². The highest BCUT2D eigenvalue weighted by molar-refractivity contribution is 5.91. The van der Waals surface area contributed by atoms with Crippen LogP contribution in [0.5, 0.6) is 0 Å². The Morgan fingerprint density at radius 2 is 2.06 bits per heavy atom.